The Morgan fingerprint density at radius 3 is 1.68 bits per heavy atom. The highest BCUT2D eigenvalue weighted by Gasteiger charge is 2.25. The van der Waals surface area contributed by atoms with Crippen LogP contribution in [0.4, 0.5) is 0 Å². The molecule has 2 rings (SSSR count). The van der Waals surface area contributed by atoms with Gasteiger partial charge in [0.15, 0.2) is 0 Å². The zero-order valence-electron chi connectivity index (χ0n) is 12.8. The topological polar surface area (TPSA) is 29.3 Å². The van der Waals surface area contributed by atoms with E-state index in [1.807, 2.05) is 0 Å². The number of nitrogens with two attached hydrogens (primary N) is 1. The predicted molar refractivity (Wildman–Crippen MR) is 83.4 cm³/mol. The zero-order chi connectivity index (χ0) is 13.3. The first-order valence-electron chi connectivity index (χ1n) is 8.87. The van der Waals surface area contributed by atoms with Gasteiger partial charge in [-0.05, 0) is 38.8 Å². The second-order valence-corrected chi connectivity index (χ2v) is 6.73. The Morgan fingerprint density at radius 2 is 1.05 bits per heavy atom. The van der Waals surface area contributed by atoms with Crippen molar-refractivity contribution in [1.29, 1.82) is 0 Å². The van der Waals surface area contributed by atoms with Crippen LogP contribution in [0.1, 0.15) is 83.5 Å². The number of likely N-dealkylation sites (tertiary alicyclic amines) is 1. The van der Waals surface area contributed by atoms with E-state index in [1.54, 1.807) is 0 Å². The van der Waals surface area contributed by atoms with Gasteiger partial charge in [-0.25, -0.2) is 0 Å². The van der Waals surface area contributed by atoms with Crippen molar-refractivity contribution in [3.63, 3.8) is 0 Å². The van der Waals surface area contributed by atoms with Crippen LogP contribution in [0.3, 0.4) is 0 Å². The molecule has 2 unspecified atom stereocenters. The number of hydrogen-bond donors (Lipinski definition) is 1. The van der Waals surface area contributed by atoms with Gasteiger partial charge in [0.1, 0.15) is 0 Å². The first-order chi connectivity index (χ1) is 9.38. The number of piperidine rings is 1. The molecule has 2 fully saturated rings. The molecule has 1 saturated carbocycles. The van der Waals surface area contributed by atoms with Gasteiger partial charge in [0.25, 0.3) is 0 Å². The molecule has 0 aromatic rings. The molecule has 2 N–H and O–H groups in total. The summed E-state index contributed by atoms with van der Waals surface area (Å²) in [4.78, 5) is 2.72. The first kappa shape index (κ1) is 15.3. The molecule has 1 aliphatic heterocycles. The fourth-order valence-corrected chi connectivity index (χ4v) is 3.90. The van der Waals surface area contributed by atoms with Crippen molar-refractivity contribution in [2.45, 2.75) is 95.6 Å². The lowest BCUT2D eigenvalue weighted by atomic mass is 9.92. The summed E-state index contributed by atoms with van der Waals surface area (Å²) in [6.07, 6.45) is 18.2. The van der Waals surface area contributed by atoms with Crippen molar-refractivity contribution in [2.75, 3.05) is 13.1 Å². The van der Waals surface area contributed by atoms with E-state index < -0.39 is 0 Å². The van der Waals surface area contributed by atoms with Crippen molar-refractivity contribution >= 4 is 0 Å². The molecule has 2 heteroatoms. The number of nitrogens with zero attached hydrogens (tertiary/aromatic N) is 1. The third kappa shape index (κ3) is 5.43. The Bertz CT molecular complexity index is 223. The molecule has 0 bridgehead atoms. The largest absolute Gasteiger partial charge is 0.326 e. The molecule has 0 aromatic heterocycles. The van der Waals surface area contributed by atoms with Crippen LogP contribution in [0.25, 0.3) is 0 Å². The molecule has 0 spiro atoms. The lowest BCUT2D eigenvalue weighted by Crippen LogP contribution is -2.49. The van der Waals surface area contributed by atoms with Gasteiger partial charge in [0, 0.05) is 12.1 Å². The van der Waals surface area contributed by atoms with E-state index in [4.69, 9.17) is 5.73 Å². The molecule has 112 valence electrons. The molecule has 0 radical (unpaired) electrons. The average Bonchev–Trinajstić information content (AvgIpc) is 2.44. The maximum absolute atomic E-state index is 6.55. The van der Waals surface area contributed by atoms with E-state index in [-0.39, 0.29) is 0 Å². The summed E-state index contributed by atoms with van der Waals surface area (Å²) in [5.74, 6) is 0. The molecule has 0 aromatic carbocycles. The van der Waals surface area contributed by atoms with E-state index in [2.05, 4.69) is 4.90 Å². The van der Waals surface area contributed by atoms with Crippen LogP contribution in [0, 0.1) is 0 Å². The van der Waals surface area contributed by atoms with Crippen LogP contribution in [0.5, 0.6) is 0 Å². The lowest BCUT2D eigenvalue weighted by Gasteiger charge is -2.38. The third-order valence-corrected chi connectivity index (χ3v) is 5.14. The van der Waals surface area contributed by atoms with Gasteiger partial charge in [-0.2, -0.15) is 0 Å². The maximum Gasteiger partial charge on any atom is 0.0247 e. The second kappa shape index (κ2) is 8.97. The van der Waals surface area contributed by atoms with Gasteiger partial charge in [-0.1, -0.05) is 57.8 Å². The zero-order valence-corrected chi connectivity index (χ0v) is 12.8. The minimum atomic E-state index is 0.428. The normalized spacial score (nSPS) is 33.3. The predicted octanol–water partition coefficient (Wildman–Crippen LogP) is 4.08. The molecular weight excluding hydrogens is 232 g/mol. The SMILES string of the molecule is NC1CCCCCCCCCCC1N1CCCCC1. The maximum atomic E-state index is 6.55. The standard InChI is InChI=1S/C17H34N2/c18-16-12-8-5-3-1-2-4-6-9-13-17(16)19-14-10-7-11-15-19/h16-17H,1-15,18H2. The summed E-state index contributed by atoms with van der Waals surface area (Å²) >= 11 is 0. The summed E-state index contributed by atoms with van der Waals surface area (Å²) in [7, 11) is 0. The fourth-order valence-electron chi connectivity index (χ4n) is 3.90. The summed E-state index contributed by atoms with van der Waals surface area (Å²) in [5.41, 5.74) is 6.55. The minimum Gasteiger partial charge on any atom is -0.326 e. The molecule has 2 atom stereocenters. The first-order valence-corrected chi connectivity index (χ1v) is 8.87. The van der Waals surface area contributed by atoms with Crippen LogP contribution < -0.4 is 5.73 Å². The summed E-state index contributed by atoms with van der Waals surface area (Å²) in [5, 5.41) is 0. The van der Waals surface area contributed by atoms with Crippen molar-refractivity contribution in [2.24, 2.45) is 5.73 Å². The number of rotatable bonds is 1. The molecule has 1 saturated heterocycles. The van der Waals surface area contributed by atoms with Crippen LogP contribution in [0.15, 0.2) is 0 Å². The number of hydrogen-bond acceptors (Lipinski definition) is 2. The van der Waals surface area contributed by atoms with Gasteiger partial charge in [-0.3, -0.25) is 4.90 Å². The quantitative estimate of drug-likeness (QED) is 0.775. The Hall–Kier alpha value is -0.0800. The molecule has 0 amide bonds. The monoisotopic (exact) mass is 266 g/mol. The van der Waals surface area contributed by atoms with Crippen LogP contribution >= 0.6 is 0 Å². The molecule has 2 nitrogen and oxygen atoms in total. The summed E-state index contributed by atoms with van der Waals surface area (Å²) in [6, 6.07) is 1.11. The van der Waals surface area contributed by atoms with E-state index in [1.165, 1.54) is 96.6 Å². The van der Waals surface area contributed by atoms with E-state index >= 15 is 0 Å². The Morgan fingerprint density at radius 1 is 0.579 bits per heavy atom. The highest BCUT2D eigenvalue weighted by atomic mass is 15.2. The molecule has 19 heavy (non-hydrogen) atoms. The van der Waals surface area contributed by atoms with Crippen molar-refractivity contribution < 1.29 is 0 Å². The Kier molecular flexibility index (Phi) is 7.23. The van der Waals surface area contributed by atoms with Gasteiger partial charge >= 0.3 is 0 Å². The third-order valence-electron chi connectivity index (χ3n) is 5.14. The summed E-state index contributed by atoms with van der Waals surface area (Å²) < 4.78 is 0. The van der Waals surface area contributed by atoms with Gasteiger partial charge in [0.05, 0.1) is 0 Å². The second-order valence-electron chi connectivity index (χ2n) is 6.73. The van der Waals surface area contributed by atoms with Crippen LogP contribution in [-0.2, 0) is 0 Å². The van der Waals surface area contributed by atoms with E-state index in [9.17, 15) is 0 Å². The minimum absolute atomic E-state index is 0.428. The fraction of sp³-hybridized carbons (Fsp3) is 1.00. The van der Waals surface area contributed by atoms with Crippen molar-refractivity contribution in [3.05, 3.63) is 0 Å². The van der Waals surface area contributed by atoms with Crippen LogP contribution in [0.2, 0.25) is 0 Å². The van der Waals surface area contributed by atoms with Crippen molar-refractivity contribution in [3.8, 4) is 0 Å². The van der Waals surface area contributed by atoms with Crippen molar-refractivity contribution in [1.82, 2.24) is 4.90 Å². The smallest absolute Gasteiger partial charge is 0.0247 e. The molecule has 1 heterocycles. The highest BCUT2D eigenvalue weighted by molar-refractivity contribution is 4.84. The molecule has 1 aliphatic carbocycles. The molecular formula is C17H34N2. The lowest BCUT2D eigenvalue weighted by molar-refractivity contribution is 0.127. The van der Waals surface area contributed by atoms with E-state index in [0.29, 0.717) is 12.1 Å². The van der Waals surface area contributed by atoms with E-state index in [0.717, 1.165) is 0 Å². The average molecular weight is 266 g/mol. The highest BCUT2D eigenvalue weighted by Crippen LogP contribution is 2.22. The Balaban J connectivity index is 1.86. The summed E-state index contributed by atoms with van der Waals surface area (Å²) in [6.45, 7) is 2.61. The Labute approximate surface area is 120 Å². The van der Waals surface area contributed by atoms with Gasteiger partial charge < -0.3 is 5.73 Å². The molecule has 2 aliphatic rings. The van der Waals surface area contributed by atoms with Gasteiger partial charge in [-0.15, -0.1) is 0 Å². The van der Waals surface area contributed by atoms with Crippen LogP contribution in [-0.4, -0.2) is 30.1 Å². The van der Waals surface area contributed by atoms with Gasteiger partial charge in [0.2, 0.25) is 0 Å².